The summed E-state index contributed by atoms with van der Waals surface area (Å²) in [4.78, 5) is 12.2. The first-order valence-electron chi connectivity index (χ1n) is 6.35. The molecule has 1 amide bonds. The highest BCUT2D eigenvalue weighted by molar-refractivity contribution is 9.10. The predicted octanol–water partition coefficient (Wildman–Crippen LogP) is 3.81. The van der Waals surface area contributed by atoms with E-state index in [1.165, 1.54) is 0 Å². The molecule has 1 atom stereocenters. The molecule has 1 rings (SSSR count). The Morgan fingerprint density at radius 1 is 1.50 bits per heavy atom. The average Bonchev–Trinajstić information content (AvgIpc) is 2.31. The second-order valence-electron chi connectivity index (χ2n) is 5.53. The second-order valence-corrected chi connectivity index (χ2v) is 6.82. The maximum atomic E-state index is 12.2. The lowest BCUT2D eigenvalue weighted by Crippen LogP contribution is -2.45. The second kappa shape index (κ2) is 6.78. The molecule has 1 aromatic rings. The minimum Gasteiger partial charge on any atom is -0.491 e. The van der Waals surface area contributed by atoms with E-state index in [0.717, 1.165) is 0 Å². The van der Waals surface area contributed by atoms with Gasteiger partial charge in [-0.05, 0) is 40.4 Å². The van der Waals surface area contributed by atoms with Gasteiger partial charge in [0.2, 0.25) is 5.91 Å². The monoisotopic (exact) mass is 362 g/mol. The van der Waals surface area contributed by atoms with Crippen LogP contribution in [-0.2, 0) is 4.79 Å². The first kappa shape index (κ1) is 17.3. The number of carbonyl (C=O) groups is 1. The first-order chi connectivity index (χ1) is 9.16. The number of halogens is 2. The molecular formula is C14H20BrClN2O2. The Bertz CT molecular complexity index is 501. The normalized spacial score (nSPS) is 12.9. The summed E-state index contributed by atoms with van der Waals surface area (Å²) in [6.07, 6.45) is 0. The van der Waals surface area contributed by atoms with Crippen molar-refractivity contribution in [2.24, 2.45) is 11.1 Å². The SMILES string of the molecule is CCOc1c(Br)cc(Cl)cc1NC(=O)[C@H](N)C(C)(C)C. The molecule has 0 aliphatic heterocycles. The lowest BCUT2D eigenvalue weighted by Gasteiger charge is -2.26. The van der Waals surface area contributed by atoms with Gasteiger partial charge in [0.15, 0.2) is 5.75 Å². The number of rotatable bonds is 4. The number of hydrogen-bond donors (Lipinski definition) is 2. The van der Waals surface area contributed by atoms with E-state index in [-0.39, 0.29) is 11.3 Å². The Kier molecular flexibility index (Phi) is 5.86. The van der Waals surface area contributed by atoms with Crippen molar-refractivity contribution in [2.75, 3.05) is 11.9 Å². The maximum absolute atomic E-state index is 12.2. The van der Waals surface area contributed by atoms with Gasteiger partial charge in [-0.1, -0.05) is 32.4 Å². The molecule has 0 spiro atoms. The number of benzene rings is 1. The zero-order valence-electron chi connectivity index (χ0n) is 12.1. The van der Waals surface area contributed by atoms with Gasteiger partial charge in [0.05, 0.1) is 22.8 Å². The largest absolute Gasteiger partial charge is 0.491 e. The highest BCUT2D eigenvalue weighted by Gasteiger charge is 2.28. The van der Waals surface area contributed by atoms with Gasteiger partial charge in [-0.15, -0.1) is 0 Å². The smallest absolute Gasteiger partial charge is 0.241 e. The van der Waals surface area contributed by atoms with Gasteiger partial charge in [0, 0.05) is 5.02 Å². The van der Waals surface area contributed by atoms with Crippen LogP contribution in [0.5, 0.6) is 5.75 Å². The number of hydrogen-bond acceptors (Lipinski definition) is 3. The highest BCUT2D eigenvalue weighted by atomic mass is 79.9. The molecule has 6 heteroatoms. The van der Waals surface area contributed by atoms with E-state index in [1.807, 2.05) is 27.7 Å². The summed E-state index contributed by atoms with van der Waals surface area (Å²) >= 11 is 9.38. The molecule has 0 saturated carbocycles. The van der Waals surface area contributed by atoms with Crippen LogP contribution < -0.4 is 15.8 Å². The molecule has 0 aliphatic rings. The van der Waals surface area contributed by atoms with E-state index in [0.29, 0.717) is 27.5 Å². The summed E-state index contributed by atoms with van der Waals surface area (Å²) in [6, 6.07) is 2.73. The van der Waals surface area contributed by atoms with Crippen LogP contribution >= 0.6 is 27.5 Å². The van der Waals surface area contributed by atoms with Crippen molar-refractivity contribution < 1.29 is 9.53 Å². The third-order valence-corrected chi connectivity index (χ3v) is 3.58. The van der Waals surface area contributed by atoms with E-state index in [1.54, 1.807) is 12.1 Å². The zero-order valence-corrected chi connectivity index (χ0v) is 14.4. The minimum atomic E-state index is -0.630. The molecule has 4 nitrogen and oxygen atoms in total. The van der Waals surface area contributed by atoms with E-state index in [2.05, 4.69) is 21.2 Å². The molecule has 0 unspecified atom stereocenters. The maximum Gasteiger partial charge on any atom is 0.241 e. The molecule has 0 saturated heterocycles. The molecule has 3 N–H and O–H groups in total. The lowest BCUT2D eigenvalue weighted by atomic mass is 9.87. The fraction of sp³-hybridized carbons (Fsp3) is 0.500. The van der Waals surface area contributed by atoms with Gasteiger partial charge in [0.1, 0.15) is 0 Å². The van der Waals surface area contributed by atoms with Crippen LogP contribution in [0.15, 0.2) is 16.6 Å². The minimum absolute atomic E-state index is 0.271. The van der Waals surface area contributed by atoms with E-state index >= 15 is 0 Å². The molecular weight excluding hydrogens is 344 g/mol. The van der Waals surface area contributed by atoms with Crippen LogP contribution in [0, 0.1) is 5.41 Å². The van der Waals surface area contributed by atoms with E-state index < -0.39 is 6.04 Å². The number of carbonyl (C=O) groups excluding carboxylic acids is 1. The lowest BCUT2D eigenvalue weighted by molar-refractivity contribution is -0.119. The van der Waals surface area contributed by atoms with Crippen molar-refractivity contribution in [2.45, 2.75) is 33.7 Å². The molecule has 0 fully saturated rings. The Morgan fingerprint density at radius 3 is 2.60 bits per heavy atom. The van der Waals surface area contributed by atoms with Crippen LogP contribution in [0.3, 0.4) is 0 Å². The quantitative estimate of drug-likeness (QED) is 0.855. The number of ether oxygens (including phenoxy) is 1. The van der Waals surface area contributed by atoms with Crippen molar-refractivity contribution in [1.82, 2.24) is 0 Å². The topological polar surface area (TPSA) is 64.3 Å². The van der Waals surface area contributed by atoms with E-state index in [4.69, 9.17) is 22.1 Å². The standard InChI is InChI=1S/C14H20BrClN2O2/c1-5-20-11-9(15)6-8(16)7-10(11)18-13(19)12(17)14(2,3)4/h6-7,12H,5,17H2,1-4H3,(H,18,19)/t12-/m0/s1. The first-order valence-corrected chi connectivity index (χ1v) is 7.52. The number of amides is 1. The number of nitrogens with one attached hydrogen (secondary N) is 1. The summed E-state index contributed by atoms with van der Waals surface area (Å²) < 4.78 is 6.21. The summed E-state index contributed by atoms with van der Waals surface area (Å²) in [6.45, 7) is 8.08. The molecule has 0 heterocycles. The van der Waals surface area contributed by atoms with Gasteiger partial charge < -0.3 is 15.8 Å². The van der Waals surface area contributed by atoms with Crippen molar-refractivity contribution >= 4 is 39.1 Å². The molecule has 0 radical (unpaired) electrons. The third-order valence-electron chi connectivity index (χ3n) is 2.77. The summed E-state index contributed by atoms with van der Waals surface area (Å²) in [5.41, 5.74) is 6.13. The molecule has 0 aliphatic carbocycles. The molecule has 20 heavy (non-hydrogen) atoms. The van der Waals surface area contributed by atoms with Gasteiger partial charge >= 0.3 is 0 Å². The van der Waals surface area contributed by atoms with Crippen LogP contribution in [0.2, 0.25) is 5.02 Å². The highest BCUT2D eigenvalue weighted by Crippen LogP contribution is 2.37. The average molecular weight is 364 g/mol. The van der Waals surface area contributed by atoms with Crippen LogP contribution in [-0.4, -0.2) is 18.6 Å². The number of anilines is 1. The van der Waals surface area contributed by atoms with E-state index in [9.17, 15) is 4.79 Å². The molecule has 0 aromatic heterocycles. The van der Waals surface area contributed by atoms with Crippen LogP contribution in [0.1, 0.15) is 27.7 Å². The fourth-order valence-corrected chi connectivity index (χ4v) is 2.47. The van der Waals surface area contributed by atoms with Crippen molar-refractivity contribution in [3.05, 3.63) is 21.6 Å². The van der Waals surface area contributed by atoms with Gasteiger partial charge in [-0.3, -0.25) is 4.79 Å². The van der Waals surface area contributed by atoms with Crippen LogP contribution in [0.25, 0.3) is 0 Å². The van der Waals surface area contributed by atoms with Crippen molar-refractivity contribution in [3.63, 3.8) is 0 Å². The number of nitrogens with two attached hydrogens (primary N) is 1. The summed E-state index contributed by atoms with van der Waals surface area (Å²) in [5.74, 6) is 0.277. The third kappa shape index (κ3) is 4.36. The van der Waals surface area contributed by atoms with Gasteiger partial charge in [-0.25, -0.2) is 0 Å². The Balaban J connectivity index is 3.05. The Labute approximate surface area is 133 Å². The fourth-order valence-electron chi connectivity index (χ4n) is 1.55. The van der Waals surface area contributed by atoms with Gasteiger partial charge in [0.25, 0.3) is 0 Å². The van der Waals surface area contributed by atoms with Crippen LogP contribution in [0.4, 0.5) is 5.69 Å². The predicted molar refractivity (Wildman–Crippen MR) is 86.4 cm³/mol. The zero-order chi connectivity index (χ0) is 15.5. The Morgan fingerprint density at radius 2 is 2.10 bits per heavy atom. The Hall–Kier alpha value is -0.780. The van der Waals surface area contributed by atoms with Crippen molar-refractivity contribution in [3.8, 4) is 5.75 Å². The summed E-state index contributed by atoms with van der Waals surface area (Å²) in [5, 5.41) is 3.28. The molecule has 1 aromatic carbocycles. The van der Waals surface area contributed by atoms with Crippen molar-refractivity contribution in [1.29, 1.82) is 0 Å². The molecule has 112 valence electrons. The molecule has 0 bridgehead atoms. The summed E-state index contributed by atoms with van der Waals surface area (Å²) in [7, 11) is 0. The van der Waals surface area contributed by atoms with Gasteiger partial charge in [-0.2, -0.15) is 0 Å².